The van der Waals surface area contributed by atoms with Crippen LogP contribution in [0.25, 0.3) is 0 Å². The van der Waals surface area contributed by atoms with Crippen LogP contribution in [0.3, 0.4) is 0 Å². The van der Waals surface area contributed by atoms with Gasteiger partial charge in [-0.15, -0.1) is 0 Å². The van der Waals surface area contributed by atoms with Gasteiger partial charge in [0.15, 0.2) is 0 Å². The molecule has 17 heavy (non-hydrogen) atoms. The second-order valence-corrected chi connectivity index (χ2v) is 5.13. The Morgan fingerprint density at radius 2 is 1.76 bits per heavy atom. The van der Waals surface area contributed by atoms with Gasteiger partial charge in [-0.3, -0.25) is 9.59 Å². The molecular formula is C11H23N3O2S. The van der Waals surface area contributed by atoms with Crippen LogP contribution in [-0.4, -0.2) is 42.5 Å². The Bertz CT molecular complexity index is 247. The van der Waals surface area contributed by atoms with Gasteiger partial charge in [-0.1, -0.05) is 13.8 Å². The summed E-state index contributed by atoms with van der Waals surface area (Å²) in [6.45, 7) is 4.75. The SMILES string of the molecule is CCC(CC)(CNC(=O)CNC(=O)CN)SC. The van der Waals surface area contributed by atoms with Gasteiger partial charge in [-0.25, -0.2) is 0 Å². The molecule has 0 atom stereocenters. The number of carbonyl (C=O) groups is 2. The van der Waals surface area contributed by atoms with E-state index in [1.165, 1.54) is 0 Å². The van der Waals surface area contributed by atoms with Crippen molar-refractivity contribution in [3.05, 3.63) is 0 Å². The zero-order valence-corrected chi connectivity index (χ0v) is 11.7. The summed E-state index contributed by atoms with van der Waals surface area (Å²) in [5.74, 6) is -0.491. The van der Waals surface area contributed by atoms with E-state index in [1.54, 1.807) is 11.8 Å². The van der Waals surface area contributed by atoms with E-state index in [1.807, 2.05) is 0 Å². The molecule has 5 nitrogen and oxygen atoms in total. The second kappa shape index (κ2) is 8.36. The molecule has 4 N–H and O–H groups in total. The fourth-order valence-electron chi connectivity index (χ4n) is 1.43. The highest BCUT2D eigenvalue weighted by Crippen LogP contribution is 2.29. The fourth-order valence-corrected chi connectivity index (χ4v) is 2.23. The average molecular weight is 261 g/mol. The first-order valence-corrected chi connectivity index (χ1v) is 7.04. The lowest BCUT2D eigenvalue weighted by atomic mass is 10.0. The predicted molar refractivity (Wildman–Crippen MR) is 71.9 cm³/mol. The Morgan fingerprint density at radius 3 is 2.18 bits per heavy atom. The summed E-state index contributed by atoms with van der Waals surface area (Å²) < 4.78 is 0.0908. The number of carbonyl (C=O) groups excluding carboxylic acids is 2. The van der Waals surface area contributed by atoms with E-state index in [9.17, 15) is 9.59 Å². The molecule has 100 valence electrons. The molecule has 0 aromatic carbocycles. The van der Waals surface area contributed by atoms with Crippen LogP contribution in [0.4, 0.5) is 0 Å². The quantitative estimate of drug-likeness (QED) is 0.578. The summed E-state index contributed by atoms with van der Waals surface area (Å²) in [5.41, 5.74) is 5.12. The third-order valence-corrected chi connectivity index (χ3v) is 4.55. The molecule has 0 spiro atoms. The van der Waals surface area contributed by atoms with E-state index < -0.39 is 0 Å². The molecule has 0 aromatic rings. The zero-order chi connectivity index (χ0) is 13.3. The van der Waals surface area contributed by atoms with Gasteiger partial charge in [-0.05, 0) is 19.1 Å². The molecule has 0 heterocycles. The molecule has 0 bridgehead atoms. The summed E-state index contributed by atoms with van der Waals surface area (Å²) in [7, 11) is 0. The average Bonchev–Trinajstić information content (AvgIpc) is 2.38. The van der Waals surface area contributed by atoms with Crippen molar-refractivity contribution in [1.29, 1.82) is 0 Å². The first-order valence-electron chi connectivity index (χ1n) is 5.82. The molecule has 0 saturated carbocycles. The number of hydrogen-bond donors (Lipinski definition) is 3. The smallest absolute Gasteiger partial charge is 0.239 e. The zero-order valence-electron chi connectivity index (χ0n) is 10.8. The van der Waals surface area contributed by atoms with Crippen molar-refractivity contribution < 1.29 is 9.59 Å². The molecule has 0 aromatic heterocycles. The van der Waals surface area contributed by atoms with Crippen LogP contribution >= 0.6 is 11.8 Å². The molecule has 0 aliphatic carbocycles. The lowest BCUT2D eigenvalue weighted by molar-refractivity contribution is -0.125. The minimum absolute atomic E-state index is 0.00603. The maximum atomic E-state index is 11.5. The van der Waals surface area contributed by atoms with Gasteiger partial charge >= 0.3 is 0 Å². The Hall–Kier alpha value is -0.750. The Balaban J connectivity index is 4.01. The molecule has 0 aliphatic rings. The van der Waals surface area contributed by atoms with Crippen molar-refractivity contribution in [2.75, 3.05) is 25.9 Å². The van der Waals surface area contributed by atoms with E-state index in [2.05, 4.69) is 30.7 Å². The maximum absolute atomic E-state index is 11.5. The molecule has 0 radical (unpaired) electrons. The molecule has 2 amide bonds. The number of thioether (sulfide) groups is 1. The van der Waals surface area contributed by atoms with Gasteiger partial charge in [-0.2, -0.15) is 11.8 Å². The normalized spacial score (nSPS) is 11.1. The van der Waals surface area contributed by atoms with E-state index in [-0.39, 0.29) is 29.7 Å². The predicted octanol–water partition coefficient (Wildman–Crippen LogP) is 0.0993. The topological polar surface area (TPSA) is 84.2 Å². The van der Waals surface area contributed by atoms with Crippen molar-refractivity contribution in [2.45, 2.75) is 31.4 Å². The summed E-state index contributed by atoms with van der Waals surface area (Å²) in [4.78, 5) is 22.3. The summed E-state index contributed by atoms with van der Waals surface area (Å²) in [5, 5.41) is 5.28. The van der Waals surface area contributed by atoms with Crippen molar-refractivity contribution in [3.63, 3.8) is 0 Å². The fraction of sp³-hybridized carbons (Fsp3) is 0.818. The van der Waals surface area contributed by atoms with Gasteiger partial charge in [0.1, 0.15) is 0 Å². The van der Waals surface area contributed by atoms with Crippen LogP contribution in [0.2, 0.25) is 0 Å². The van der Waals surface area contributed by atoms with Crippen LogP contribution in [0.1, 0.15) is 26.7 Å². The van der Waals surface area contributed by atoms with Crippen LogP contribution in [0, 0.1) is 0 Å². The number of rotatable bonds is 8. The second-order valence-electron chi connectivity index (χ2n) is 3.85. The highest BCUT2D eigenvalue weighted by molar-refractivity contribution is 8.00. The van der Waals surface area contributed by atoms with E-state index >= 15 is 0 Å². The summed E-state index contributed by atoms with van der Waals surface area (Å²) >= 11 is 1.77. The third-order valence-electron chi connectivity index (χ3n) is 2.96. The highest BCUT2D eigenvalue weighted by Gasteiger charge is 2.25. The molecular weight excluding hydrogens is 238 g/mol. The van der Waals surface area contributed by atoms with Crippen LogP contribution in [0.5, 0.6) is 0 Å². The summed E-state index contributed by atoms with van der Waals surface area (Å²) in [6.07, 6.45) is 4.05. The largest absolute Gasteiger partial charge is 0.353 e. The number of nitrogens with one attached hydrogen (secondary N) is 2. The van der Waals surface area contributed by atoms with Gasteiger partial charge in [0.05, 0.1) is 13.1 Å². The van der Waals surface area contributed by atoms with Crippen molar-refractivity contribution in [1.82, 2.24) is 10.6 Å². The summed E-state index contributed by atoms with van der Waals surface area (Å²) in [6, 6.07) is 0. The Kier molecular flexibility index (Phi) is 7.99. The van der Waals surface area contributed by atoms with Crippen LogP contribution in [0.15, 0.2) is 0 Å². The van der Waals surface area contributed by atoms with Crippen molar-refractivity contribution in [3.8, 4) is 0 Å². The Labute approximate surface area is 107 Å². The minimum Gasteiger partial charge on any atom is -0.353 e. The van der Waals surface area contributed by atoms with Crippen LogP contribution in [-0.2, 0) is 9.59 Å². The van der Waals surface area contributed by atoms with Gasteiger partial charge in [0.2, 0.25) is 11.8 Å². The molecule has 0 saturated heterocycles. The van der Waals surface area contributed by atoms with E-state index in [0.29, 0.717) is 6.54 Å². The van der Waals surface area contributed by atoms with E-state index in [0.717, 1.165) is 12.8 Å². The Morgan fingerprint density at radius 1 is 1.18 bits per heavy atom. The third kappa shape index (κ3) is 5.93. The standard InChI is InChI=1S/C11H23N3O2S/c1-4-11(5-2,17-3)8-14-10(16)7-13-9(15)6-12/h4-8,12H2,1-3H3,(H,13,15)(H,14,16). The first kappa shape index (κ1) is 16.2. The number of amides is 2. The van der Waals surface area contributed by atoms with Gasteiger partial charge < -0.3 is 16.4 Å². The van der Waals surface area contributed by atoms with Crippen LogP contribution < -0.4 is 16.4 Å². The maximum Gasteiger partial charge on any atom is 0.239 e. The van der Waals surface area contributed by atoms with Gasteiger partial charge in [0.25, 0.3) is 0 Å². The lowest BCUT2D eigenvalue weighted by Gasteiger charge is -2.29. The highest BCUT2D eigenvalue weighted by atomic mass is 32.2. The van der Waals surface area contributed by atoms with Crippen molar-refractivity contribution in [2.24, 2.45) is 5.73 Å². The molecule has 0 aliphatic heterocycles. The number of hydrogen-bond acceptors (Lipinski definition) is 4. The lowest BCUT2D eigenvalue weighted by Crippen LogP contribution is -2.44. The molecule has 0 unspecified atom stereocenters. The first-order chi connectivity index (χ1) is 8.03. The minimum atomic E-state index is -0.317. The van der Waals surface area contributed by atoms with Gasteiger partial charge in [0, 0.05) is 11.3 Å². The molecule has 6 heteroatoms. The number of nitrogens with two attached hydrogens (primary N) is 1. The monoisotopic (exact) mass is 261 g/mol. The molecule has 0 rings (SSSR count). The molecule has 0 fully saturated rings. The van der Waals surface area contributed by atoms with E-state index in [4.69, 9.17) is 5.73 Å². The van der Waals surface area contributed by atoms with Crippen molar-refractivity contribution >= 4 is 23.6 Å².